The molecule has 0 bridgehead atoms. The van der Waals surface area contributed by atoms with Gasteiger partial charge in [-0.05, 0) is 19.8 Å². The molecule has 0 radical (unpaired) electrons. The van der Waals surface area contributed by atoms with E-state index in [1.165, 1.54) is 0 Å². The molecule has 1 saturated heterocycles. The van der Waals surface area contributed by atoms with Gasteiger partial charge in [0.25, 0.3) is 3.91 Å². The van der Waals surface area contributed by atoms with Crippen molar-refractivity contribution in [2.24, 2.45) is 5.73 Å². The minimum atomic E-state index is -0.0530. The molecule has 1 fully saturated rings. The molecular formula is C7H13IN2O. The Labute approximate surface area is 80.4 Å². The topological polar surface area (TPSA) is 46.3 Å². The van der Waals surface area contributed by atoms with Crippen LogP contribution < -0.4 is 5.73 Å². The molecule has 2 N–H and O–H groups in total. The molecule has 11 heavy (non-hydrogen) atoms. The molecule has 0 aromatic rings. The lowest BCUT2D eigenvalue weighted by atomic mass is 9.91. The van der Waals surface area contributed by atoms with E-state index in [1.54, 1.807) is 0 Å². The van der Waals surface area contributed by atoms with Crippen molar-refractivity contribution in [1.82, 2.24) is 4.90 Å². The van der Waals surface area contributed by atoms with Crippen LogP contribution in [-0.4, -0.2) is 27.4 Å². The van der Waals surface area contributed by atoms with Gasteiger partial charge in [0.05, 0.1) is 0 Å². The average Bonchev–Trinajstić information content (AvgIpc) is 1.86. The molecule has 0 atom stereocenters. The van der Waals surface area contributed by atoms with Gasteiger partial charge in [-0.25, -0.2) is 0 Å². The highest BCUT2D eigenvalue weighted by Crippen LogP contribution is 2.19. The Hall–Kier alpha value is 0.160. The summed E-state index contributed by atoms with van der Waals surface area (Å²) >= 11 is 1.82. The minimum absolute atomic E-state index is 0.0530. The third kappa shape index (κ3) is 2.59. The quantitative estimate of drug-likeness (QED) is 0.409. The first-order chi connectivity index (χ1) is 5.01. The largest absolute Gasteiger partial charge is 0.334 e. The van der Waals surface area contributed by atoms with Crippen molar-refractivity contribution in [3.8, 4) is 0 Å². The zero-order valence-electron chi connectivity index (χ0n) is 6.64. The van der Waals surface area contributed by atoms with Gasteiger partial charge in [0.15, 0.2) is 0 Å². The number of halogens is 1. The second-order valence-electron chi connectivity index (χ2n) is 3.39. The molecule has 3 nitrogen and oxygen atoms in total. The third-order valence-electron chi connectivity index (χ3n) is 2.15. The van der Waals surface area contributed by atoms with E-state index >= 15 is 0 Å². The number of amides is 1. The molecule has 0 aromatic carbocycles. The van der Waals surface area contributed by atoms with E-state index < -0.39 is 0 Å². The van der Waals surface area contributed by atoms with E-state index in [1.807, 2.05) is 34.4 Å². The highest BCUT2D eigenvalue weighted by Gasteiger charge is 2.26. The molecule has 1 amide bonds. The summed E-state index contributed by atoms with van der Waals surface area (Å²) in [4.78, 5) is 12.7. The van der Waals surface area contributed by atoms with Crippen LogP contribution in [-0.2, 0) is 0 Å². The Bertz CT molecular complexity index is 160. The van der Waals surface area contributed by atoms with Crippen molar-refractivity contribution in [3.63, 3.8) is 0 Å². The van der Waals surface area contributed by atoms with Gasteiger partial charge in [0, 0.05) is 41.2 Å². The molecule has 1 aliphatic rings. The van der Waals surface area contributed by atoms with Crippen molar-refractivity contribution < 1.29 is 4.79 Å². The number of nitrogens with zero attached hydrogens (tertiary/aromatic N) is 1. The summed E-state index contributed by atoms with van der Waals surface area (Å²) in [6, 6.07) is 0. The second kappa shape index (κ2) is 3.26. The first-order valence-electron chi connectivity index (χ1n) is 3.74. The summed E-state index contributed by atoms with van der Waals surface area (Å²) in [5, 5.41) is 0. The highest BCUT2D eigenvalue weighted by molar-refractivity contribution is 14.1. The van der Waals surface area contributed by atoms with Crippen LogP contribution in [0.2, 0.25) is 0 Å². The van der Waals surface area contributed by atoms with E-state index in [0.29, 0.717) is 0 Å². The molecule has 1 heterocycles. The van der Waals surface area contributed by atoms with Gasteiger partial charge in [-0.1, -0.05) is 0 Å². The first kappa shape index (κ1) is 9.25. The Balaban J connectivity index is 2.42. The van der Waals surface area contributed by atoms with Gasteiger partial charge < -0.3 is 10.6 Å². The van der Waals surface area contributed by atoms with Crippen LogP contribution in [0.25, 0.3) is 0 Å². The lowest BCUT2D eigenvalue weighted by Crippen LogP contribution is -2.48. The molecule has 1 aliphatic heterocycles. The van der Waals surface area contributed by atoms with Crippen molar-refractivity contribution >= 4 is 26.5 Å². The summed E-state index contributed by atoms with van der Waals surface area (Å²) in [5.74, 6) is 0. The summed E-state index contributed by atoms with van der Waals surface area (Å²) < 4.78 is 0.137. The molecule has 0 aromatic heterocycles. The van der Waals surface area contributed by atoms with Crippen LogP contribution in [0.5, 0.6) is 0 Å². The van der Waals surface area contributed by atoms with Gasteiger partial charge in [0.2, 0.25) is 0 Å². The molecule has 0 unspecified atom stereocenters. The molecule has 0 spiro atoms. The van der Waals surface area contributed by atoms with Crippen LogP contribution >= 0.6 is 22.6 Å². The number of nitrogens with two attached hydrogens (primary N) is 1. The van der Waals surface area contributed by atoms with Crippen LogP contribution in [0.4, 0.5) is 4.79 Å². The Morgan fingerprint density at radius 1 is 1.55 bits per heavy atom. The highest BCUT2D eigenvalue weighted by atomic mass is 127. The van der Waals surface area contributed by atoms with Gasteiger partial charge in [-0.3, -0.25) is 4.79 Å². The fraction of sp³-hybridized carbons (Fsp3) is 0.857. The van der Waals surface area contributed by atoms with E-state index in [0.717, 1.165) is 25.9 Å². The maximum absolute atomic E-state index is 10.9. The normalized spacial score (nSPS) is 23.4. The van der Waals surface area contributed by atoms with Gasteiger partial charge in [0.1, 0.15) is 0 Å². The maximum atomic E-state index is 10.9. The third-order valence-corrected chi connectivity index (χ3v) is 2.84. The molecule has 64 valence electrons. The number of carbonyl (C=O) groups is 1. The summed E-state index contributed by atoms with van der Waals surface area (Å²) in [6.07, 6.45) is 1.84. The molecule has 0 saturated carbocycles. The van der Waals surface area contributed by atoms with Gasteiger partial charge in [-0.2, -0.15) is 0 Å². The van der Waals surface area contributed by atoms with Crippen LogP contribution in [0, 0.1) is 0 Å². The Morgan fingerprint density at radius 2 is 2.00 bits per heavy atom. The fourth-order valence-electron chi connectivity index (χ4n) is 1.19. The zero-order chi connectivity index (χ0) is 8.48. The lowest BCUT2D eigenvalue weighted by Gasteiger charge is -2.35. The van der Waals surface area contributed by atoms with E-state index in [9.17, 15) is 4.79 Å². The number of hydrogen-bond donors (Lipinski definition) is 1. The Morgan fingerprint density at radius 3 is 2.36 bits per heavy atom. The second-order valence-corrected chi connectivity index (χ2v) is 4.32. The van der Waals surface area contributed by atoms with Crippen molar-refractivity contribution in [3.05, 3.63) is 0 Å². The summed E-state index contributed by atoms with van der Waals surface area (Å²) in [5.41, 5.74) is 5.85. The lowest BCUT2D eigenvalue weighted by molar-refractivity contribution is 0.188. The predicted molar refractivity (Wildman–Crippen MR) is 52.8 cm³/mol. The minimum Gasteiger partial charge on any atom is -0.334 e. The van der Waals surface area contributed by atoms with E-state index in [-0.39, 0.29) is 9.45 Å². The number of rotatable bonds is 0. The van der Waals surface area contributed by atoms with Crippen LogP contribution in [0.1, 0.15) is 19.8 Å². The summed E-state index contributed by atoms with van der Waals surface area (Å²) in [7, 11) is 0. The predicted octanol–water partition coefficient (Wildman–Crippen LogP) is 1.35. The zero-order valence-corrected chi connectivity index (χ0v) is 8.80. The van der Waals surface area contributed by atoms with Crippen molar-refractivity contribution in [1.29, 1.82) is 0 Å². The molecular weight excluding hydrogens is 255 g/mol. The molecule has 4 heteroatoms. The summed E-state index contributed by atoms with van der Waals surface area (Å²) in [6.45, 7) is 3.67. The van der Waals surface area contributed by atoms with Crippen molar-refractivity contribution in [2.45, 2.75) is 25.3 Å². The smallest absolute Gasteiger partial charge is 0.283 e. The number of piperidine rings is 1. The molecule has 1 rings (SSSR count). The fourth-order valence-corrected chi connectivity index (χ4v) is 1.68. The van der Waals surface area contributed by atoms with Crippen LogP contribution in [0.3, 0.4) is 0 Å². The van der Waals surface area contributed by atoms with E-state index in [4.69, 9.17) is 5.73 Å². The Kier molecular flexibility index (Phi) is 2.74. The monoisotopic (exact) mass is 268 g/mol. The first-order valence-corrected chi connectivity index (χ1v) is 4.82. The van der Waals surface area contributed by atoms with Gasteiger partial charge in [-0.15, -0.1) is 0 Å². The average molecular weight is 268 g/mol. The van der Waals surface area contributed by atoms with Gasteiger partial charge >= 0.3 is 0 Å². The van der Waals surface area contributed by atoms with E-state index in [2.05, 4.69) is 0 Å². The number of carbonyl (C=O) groups excluding carboxylic acids is 1. The van der Waals surface area contributed by atoms with Crippen molar-refractivity contribution in [2.75, 3.05) is 13.1 Å². The van der Waals surface area contributed by atoms with Crippen LogP contribution in [0.15, 0.2) is 0 Å². The number of hydrogen-bond acceptors (Lipinski definition) is 2. The standard InChI is InChI=1S/C7H13IN2O/c1-7(9)2-4-10(5-3-7)6(8)11/h2-5,9H2,1H3. The maximum Gasteiger partial charge on any atom is 0.283 e. The SMILES string of the molecule is CC1(N)CCN(C(=O)I)CC1. The number of likely N-dealkylation sites (tertiary alicyclic amines) is 1. The molecule has 0 aliphatic carbocycles.